The standard InChI is InChI=1S/C23H19Br2ClN2O4/c1-32-16-6-5-11(26)8-15(16)27-21(29)10-3-2-4-12(7-10)28-22(30)17-13-9-14(18(17)23(28)31)20(25)19(13)24/h2-8,13-14,17-20H,9H2,1H3,(H,27,29)/t13-,14-,17-,18-,19+,20+/m1/s1. The molecule has 2 saturated carbocycles. The number of benzene rings is 2. The fraction of sp³-hybridized carbons (Fsp3) is 0.348. The summed E-state index contributed by atoms with van der Waals surface area (Å²) in [6.45, 7) is 0. The predicted octanol–water partition coefficient (Wildman–Crippen LogP) is 4.88. The van der Waals surface area contributed by atoms with Crippen LogP contribution in [0.15, 0.2) is 42.5 Å². The Kier molecular flexibility index (Phi) is 5.58. The molecule has 3 aliphatic rings. The average molecular weight is 583 g/mol. The van der Waals surface area contributed by atoms with E-state index in [1.54, 1.807) is 42.5 Å². The monoisotopic (exact) mass is 580 g/mol. The van der Waals surface area contributed by atoms with Crippen LogP contribution in [0.25, 0.3) is 0 Å². The van der Waals surface area contributed by atoms with Crippen LogP contribution in [0.1, 0.15) is 16.8 Å². The van der Waals surface area contributed by atoms with E-state index in [1.165, 1.54) is 12.0 Å². The maximum Gasteiger partial charge on any atom is 0.255 e. The van der Waals surface area contributed by atoms with Crippen LogP contribution >= 0.6 is 43.5 Å². The van der Waals surface area contributed by atoms with E-state index in [0.29, 0.717) is 27.7 Å². The summed E-state index contributed by atoms with van der Waals surface area (Å²) in [7, 11) is 1.50. The summed E-state index contributed by atoms with van der Waals surface area (Å²) in [4.78, 5) is 41.1. The highest BCUT2D eigenvalue weighted by atomic mass is 79.9. The van der Waals surface area contributed by atoms with Gasteiger partial charge in [0.2, 0.25) is 11.8 Å². The summed E-state index contributed by atoms with van der Waals surface area (Å²) in [5.41, 5.74) is 1.17. The van der Waals surface area contributed by atoms with Crippen molar-refractivity contribution >= 4 is 72.6 Å². The summed E-state index contributed by atoms with van der Waals surface area (Å²) in [6.07, 6.45) is 0.871. The van der Waals surface area contributed by atoms with Crippen molar-refractivity contribution in [3.63, 3.8) is 0 Å². The van der Waals surface area contributed by atoms with Crippen LogP contribution in [0.3, 0.4) is 0 Å². The molecule has 2 aromatic carbocycles. The van der Waals surface area contributed by atoms with Crippen LogP contribution in [0, 0.1) is 23.7 Å². The first-order valence-electron chi connectivity index (χ1n) is 10.2. The van der Waals surface area contributed by atoms with Gasteiger partial charge in [-0.2, -0.15) is 0 Å². The smallest absolute Gasteiger partial charge is 0.255 e. The molecule has 166 valence electrons. The van der Waals surface area contributed by atoms with Gasteiger partial charge < -0.3 is 10.1 Å². The minimum atomic E-state index is -0.396. The second-order valence-corrected chi connectivity index (χ2v) is 10.9. The van der Waals surface area contributed by atoms with E-state index in [9.17, 15) is 14.4 Å². The summed E-state index contributed by atoms with van der Waals surface area (Å²) in [5, 5.41) is 3.24. The highest BCUT2D eigenvalue weighted by Gasteiger charge is 2.66. The first-order valence-corrected chi connectivity index (χ1v) is 12.4. The number of hydrogen-bond donors (Lipinski definition) is 1. The zero-order valence-corrected chi connectivity index (χ0v) is 20.9. The number of rotatable bonds is 4. The second-order valence-electron chi connectivity index (χ2n) is 8.36. The molecule has 3 amide bonds. The molecule has 3 fully saturated rings. The van der Waals surface area contributed by atoms with Gasteiger partial charge in [-0.05, 0) is 54.7 Å². The molecular formula is C23H19Br2ClN2O4. The molecule has 1 saturated heterocycles. The molecule has 32 heavy (non-hydrogen) atoms. The third kappa shape index (κ3) is 3.30. The van der Waals surface area contributed by atoms with E-state index >= 15 is 0 Å². The Morgan fingerprint density at radius 1 is 1.06 bits per heavy atom. The summed E-state index contributed by atoms with van der Waals surface area (Å²) < 4.78 is 5.28. The topological polar surface area (TPSA) is 75.7 Å². The van der Waals surface area contributed by atoms with Crippen LogP contribution in [0.4, 0.5) is 11.4 Å². The molecule has 6 nitrogen and oxygen atoms in total. The quantitative estimate of drug-likeness (QED) is 0.412. The summed E-state index contributed by atoms with van der Waals surface area (Å²) in [5.74, 6) is -0.614. The van der Waals surface area contributed by atoms with Crippen LogP contribution in [-0.2, 0) is 9.59 Å². The van der Waals surface area contributed by atoms with Crippen molar-refractivity contribution in [1.82, 2.24) is 0 Å². The van der Waals surface area contributed by atoms with Crippen LogP contribution in [0.2, 0.25) is 5.02 Å². The molecule has 5 rings (SSSR count). The number of nitrogens with one attached hydrogen (secondary N) is 1. The molecule has 1 aliphatic heterocycles. The number of carbonyl (C=O) groups excluding carboxylic acids is 3. The van der Waals surface area contributed by atoms with Crippen molar-refractivity contribution in [3.05, 3.63) is 53.1 Å². The molecule has 6 atom stereocenters. The van der Waals surface area contributed by atoms with Gasteiger partial charge in [0.05, 0.1) is 30.3 Å². The Balaban J connectivity index is 1.42. The maximum atomic E-state index is 13.3. The van der Waals surface area contributed by atoms with E-state index < -0.39 is 5.91 Å². The fourth-order valence-corrected chi connectivity index (χ4v) is 7.41. The van der Waals surface area contributed by atoms with Crippen molar-refractivity contribution in [2.24, 2.45) is 23.7 Å². The van der Waals surface area contributed by atoms with Gasteiger partial charge in [0, 0.05) is 20.2 Å². The average Bonchev–Trinajstić information content (AvgIpc) is 3.39. The molecule has 9 heteroatoms. The number of carbonyl (C=O) groups is 3. The van der Waals surface area contributed by atoms with Gasteiger partial charge in [-0.1, -0.05) is 49.5 Å². The van der Waals surface area contributed by atoms with E-state index in [2.05, 4.69) is 37.2 Å². The van der Waals surface area contributed by atoms with Crippen LogP contribution in [-0.4, -0.2) is 34.5 Å². The lowest BCUT2D eigenvalue weighted by Gasteiger charge is -2.28. The van der Waals surface area contributed by atoms with E-state index in [1.807, 2.05) is 0 Å². The molecular weight excluding hydrogens is 564 g/mol. The van der Waals surface area contributed by atoms with E-state index in [-0.39, 0.29) is 45.1 Å². The molecule has 2 aliphatic carbocycles. The zero-order valence-electron chi connectivity index (χ0n) is 16.9. The molecule has 2 bridgehead atoms. The van der Waals surface area contributed by atoms with E-state index in [4.69, 9.17) is 16.3 Å². The normalized spacial score (nSPS) is 30.6. The fourth-order valence-electron chi connectivity index (χ4n) is 5.36. The first kappa shape index (κ1) is 21.9. The van der Waals surface area contributed by atoms with Gasteiger partial charge in [-0.25, -0.2) is 0 Å². The number of hydrogen-bond acceptors (Lipinski definition) is 4. The van der Waals surface area contributed by atoms with Gasteiger partial charge in [-0.15, -0.1) is 0 Å². The lowest BCUT2D eigenvalue weighted by atomic mass is 9.81. The minimum Gasteiger partial charge on any atom is -0.495 e. The Labute approximate surface area is 206 Å². The number of imide groups is 1. The SMILES string of the molecule is COc1ccc(Cl)cc1NC(=O)c1cccc(N2C(=O)[C@@H]3[C@H]4C[C@@H]([C@H](Br)[C@H]4Br)[C@H]3C2=O)c1. The number of methoxy groups -OCH3 is 1. The second kappa shape index (κ2) is 8.15. The van der Waals surface area contributed by atoms with Crippen molar-refractivity contribution < 1.29 is 19.1 Å². The van der Waals surface area contributed by atoms with Gasteiger partial charge in [0.25, 0.3) is 5.91 Å². The van der Waals surface area contributed by atoms with Gasteiger partial charge in [0.15, 0.2) is 0 Å². The lowest BCUT2D eigenvalue weighted by molar-refractivity contribution is -0.123. The third-order valence-corrected chi connectivity index (χ3v) is 10.2. The molecule has 0 unspecified atom stereocenters. The molecule has 2 aromatic rings. The van der Waals surface area contributed by atoms with E-state index in [0.717, 1.165) is 6.42 Å². The number of anilines is 2. The zero-order chi connectivity index (χ0) is 22.7. The first-order chi connectivity index (χ1) is 15.3. The van der Waals surface area contributed by atoms with Gasteiger partial charge >= 0.3 is 0 Å². The van der Waals surface area contributed by atoms with Crippen molar-refractivity contribution in [2.75, 3.05) is 17.3 Å². The third-order valence-electron chi connectivity index (χ3n) is 6.76. The summed E-state index contributed by atoms with van der Waals surface area (Å²) in [6, 6.07) is 11.5. The predicted molar refractivity (Wildman–Crippen MR) is 129 cm³/mol. The Hall–Kier alpha value is -1.90. The van der Waals surface area contributed by atoms with Crippen molar-refractivity contribution in [1.29, 1.82) is 0 Å². The number of amides is 3. The summed E-state index contributed by atoms with van der Waals surface area (Å²) >= 11 is 13.4. The van der Waals surface area contributed by atoms with Gasteiger partial charge in [0.1, 0.15) is 5.75 Å². The number of alkyl halides is 2. The number of fused-ring (bicyclic) bond motifs is 5. The molecule has 1 heterocycles. The minimum absolute atomic E-state index is 0.137. The van der Waals surface area contributed by atoms with Crippen LogP contribution in [0.5, 0.6) is 5.75 Å². The molecule has 0 radical (unpaired) electrons. The Morgan fingerprint density at radius 2 is 1.72 bits per heavy atom. The van der Waals surface area contributed by atoms with Crippen molar-refractivity contribution in [2.45, 2.75) is 16.1 Å². The largest absolute Gasteiger partial charge is 0.495 e. The maximum absolute atomic E-state index is 13.3. The lowest BCUT2D eigenvalue weighted by Crippen LogP contribution is -2.37. The highest BCUT2D eigenvalue weighted by molar-refractivity contribution is 9.12. The number of nitrogens with zero attached hydrogens (tertiary/aromatic N) is 1. The molecule has 0 aromatic heterocycles. The molecule has 0 spiro atoms. The van der Waals surface area contributed by atoms with Crippen molar-refractivity contribution in [3.8, 4) is 5.75 Å². The van der Waals surface area contributed by atoms with Gasteiger partial charge in [-0.3, -0.25) is 19.3 Å². The molecule has 1 N–H and O–H groups in total. The van der Waals surface area contributed by atoms with Crippen LogP contribution < -0.4 is 15.0 Å². The number of halogens is 3. The highest BCUT2D eigenvalue weighted by Crippen LogP contribution is 2.60. The number of ether oxygens (including phenoxy) is 1. The Morgan fingerprint density at radius 3 is 2.34 bits per heavy atom. The Bertz CT molecular complexity index is 1110.